The Morgan fingerprint density at radius 1 is 0.970 bits per heavy atom. The average molecular weight is 440 g/mol. The number of aryl methyl sites for hydroxylation is 1. The van der Waals surface area contributed by atoms with Crippen LogP contribution in [0, 0.1) is 12.8 Å². The SMILES string of the molecule is Cc1cccc(CCOc2cc(C(=O)NC3=Cc4ccccc4C3)ccc2OCC2CC2)c1. The third-order valence-electron chi connectivity index (χ3n) is 6.15. The van der Waals surface area contributed by atoms with E-state index in [9.17, 15) is 4.79 Å². The molecule has 0 spiro atoms. The summed E-state index contributed by atoms with van der Waals surface area (Å²) in [6, 6.07) is 22.1. The van der Waals surface area contributed by atoms with Gasteiger partial charge >= 0.3 is 0 Å². The summed E-state index contributed by atoms with van der Waals surface area (Å²) < 4.78 is 12.2. The third kappa shape index (κ3) is 5.46. The molecule has 2 aliphatic carbocycles. The van der Waals surface area contributed by atoms with E-state index in [1.807, 2.05) is 30.3 Å². The summed E-state index contributed by atoms with van der Waals surface area (Å²) in [5, 5.41) is 3.06. The highest BCUT2D eigenvalue weighted by Crippen LogP contribution is 2.34. The van der Waals surface area contributed by atoms with E-state index < -0.39 is 0 Å². The van der Waals surface area contributed by atoms with Crippen molar-refractivity contribution in [3.05, 3.63) is 100 Å². The Hall–Kier alpha value is -3.53. The Kier molecular flexibility index (Phi) is 6.16. The largest absolute Gasteiger partial charge is 0.489 e. The van der Waals surface area contributed by atoms with Crippen molar-refractivity contribution in [3.63, 3.8) is 0 Å². The molecule has 3 aromatic rings. The molecule has 0 radical (unpaired) electrons. The van der Waals surface area contributed by atoms with Gasteiger partial charge in [-0.25, -0.2) is 0 Å². The van der Waals surface area contributed by atoms with Crippen LogP contribution in [0.15, 0.2) is 72.4 Å². The molecule has 4 nitrogen and oxygen atoms in total. The molecular weight excluding hydrogens is 410 g/mol. The lowest BCUT2D eigenvalue weighted by molar-refractivity contribution is 0.0965. The Bertz CT molecular complexity index is 1190. The lowest BCUT2D eigenvalue weighted by atomic mass is 10.1. The van der Waals surface area contributed by atoms with Gasteiger partial charge in [-0.05, 0) is 66.6 Å². The van der Waals surface area contributed by atoms with Crippen LogP contribution in [0.1, 0.15) is 45.5 Å². The monoisotopic (exact) mass is 439 g/mol. The minimum Gasteiger partial charge on any atom is -0.489 e. The Morgan fingerprint density at radius 2 is 1.85 bits per heavy atom. The Balaban J connectivity index is 1.27. The summed E-state index contributed by atoms with van der Waals surface area (Å²) in [4.78, 5) is 13.0. The van der Waals surface area contributed by atoms with Crippen molar-refractivity contribution >= 4 is 12.0 Å². The van der Waals surface area contributed by atoms with Crippen molar-refractivity contribution in [1.29, 1.82) is 0 Å². The Morgan fingerprint density at radius 3 is 2.67 bits per heavy atom. The van der Waals surface area contributed by atoms with Crippen LogP contribution in [0.2, 0.25) is 0 Å². The number of nitrogens with one attached hydrogen (secondary N) is 1. The van der Waals surface area contributed by atoms with E-state index in [0.29, 0.717) is 36.2 Å². The van der Waals surface area contributed by atoms with E-state index >= 15 is 0 Å². The summed E-state index contributed by atoms with van der Waals surface area (Å²) in [6.45, 7) is 3.31. The number of amides is 1. The Labute approximate surface area is 195 Å². The van der Waals surface area contributed by atoms with Crippen LogP contribution < -0.4 is 14.8 Å². The fourth-order valence-electron chi connectivity index (χ4n) is 4.10. The van der Waals surface area contributed by atoms with Crippen LogP contribution in [-0.2, 0) is 12.8 Å². The predicted octanol–water partition coefficient (Wildman–Crippen LogP) is 5.73. The maximum atomic E-state index is 13.0. The number of benzene rings is 3. The van der Waals surface area contributed by atoms with Crippen molar-refractivity contribution < 1.29 is 14.3 Å². The minimum absolute atomic E-state index is 0.133. The fraction of sp³-hybridized carbons (Fsp3) is 0.276. The molecule has 1 fully saturated rings. The number of fused-ring (bicyclic) bond motifs is 1. The first-order chi connectivity index (χ1) is 16.1. The van der Waals surface area contributed by atoms with Crippen LogP contribution >= 0.6 is 0 Å². The number of carbonyl (C=O) groups excluding carboxylic acids is 1. The van der Waals surface area contributed by atoms with Gasteiger partial charge in [0.1, 0.15) is 0 Å². The third-order valence-corrected chi connectivity index (χ3v) is 6.15. The van der Waals surface area contributed by atoms with Crippen molar-refractivity contribution in [3.8, 4) is 11.5 Å². The second-order valence-electron chi connectivity index (χ2n) is 9.00. The summed E-state index contributed by atoms with van der Waals surface area (Å²) >= 11 is 0. The van der Waals surface area contributed by atoms with E-state index in [-0.39, 0.29) is 5.91 Å². The van der Waals surface area contributed by atoms with Gasteiger partial charge in [0.05, 0.1) is 13.2 Å². The van der Waals surface area contributed by atoms with E-state index in [1.165, 1.54) is 29.5 Å². The zero-order valence-electron chi connectivity index (χ0n) is 19.0. The molecule has 0 atom stereocenters. The number of rotatable bonds is 9. The molecule has 0 heterocycles. The molecule has 0 aliphatic heterocycles. The van der Waals surface area contributed by atoms with Crippen molar-refractivity contribution in [2.24, 2.45) is 5.92 Å². The van der Waals surface area contributed by atoms with E-state index in [4.69, 9.17) is 9.47 Å². The molecule has 168 valence electrons. The molecule has 5 rings (SSSR count). The highest BCUT2D eigenvalue weighted by Gasteiger charge is 2.23. The first-order valence-corrected chi connectivity index (χ1v) is 11.7. The fourth-order valence-corrected chi connectivity index (χ4v) is 4.10. The van der Waals surface area contributed by atoms with Gasteiger partial charge in [0.25, 0.3) is 5.91 Å². The minimum atomic E-state index is -0.133. The molecule has 1 amide bonds. The standard InChI is InChI=1S/C29H29NO3/c1-20-5-4-6-21(15-20)13-14-32-28-18-25(11-12-27(28)33-19-22-9-10-22)29(31)30-26-16-23-7-2-3-8-24(23)17-26/h2-8,11-12,15-16,18,22H,9-10,13-14,17,19H2,1H3,(H,30,31). The second-order valence-corrected chi connectivity index (χ2v) is 9.00. The quantitative estimate of drug-likeness (QED) is 0.463. The van der Waals surface area contributed by atoms with E-state index in [2.05, 4.69) is 48.6 Å². The van der Waals surface area contributed by atoms with Gasteiger partial charge in [0.15, 0.2) is 11.5 Å². The average Bonchev–Trinajstić information content (AvgIpc) is 3.55. The molecule has 33 heavy (non-hydrogen) atoms. The van der Waals surface area contributed by atoms with Crippen LogP contribution in [0.5, 0.6) is 11.5 Å². The van der Waals surface area contributed by atoms with E-state index in [1.54, 1.807) is 6.07 Å². The summed E-state index contributed by atoms with van der Waals surface area (Å²) in [6.07, 6.45) is 6.03. The molecule has 0 saturated heterocycles. The van der Waals surface area contributed by atoms with Crippen LogP contribution in [0.25, 0.3) is 6.08 Å². The van der Waals surface area contributed by atoms with Crippen molar-refractivity contribution in [2.45, 2.75) is 32.6 Å². The first-order valence-electron chi connectivity index (χ1n) is 11.7. The predicted molar refractivity (Wildman–Crippen MR) is 131 cm³/mol. The van der Waals surface area contributed by atoms with Crippen LogP contribution in [0.4, 0.5) is 0 Å². The molecule has 2 aliphatic rings. The molecule has 0 unspecified atom stereocenters. The highest BCUT2D eigenvalue weighted by atomic mass is 16.5. The van der Waals surface area contributed by atoms with Gasteiger partial charge < -0.3 is 14.8 Å². The highest BCUT2D eigenvalue weighted by molar-refractivity contribution is 5.96. The van der Waals surface area contributed by atoms with Gasteiger partial charge in [-0.15, -0.1) is 0 Å². The number of carbonyl (C=O) groups is 1. The summed E-state index contributed by atoms with van der Waals surface area (Å²) in [5.41, 5.74) is 6.35. The number of hydrogen-bond acceptors (Lipinski definition) is 3. The zero-order valence-corrected chi connectivity index (χ0v) is 19.0. The molecule has 1 saturated carbocycles. The van der Waals surface area contributed by atoms with Gasteiger partial charge in [0.2, 0.25) is 0 Å². The van der Waals surface area contributed by atoms with Crippen LogP contribution in [0.3, 0.4) is 0 Å². The topological polar surface area (TPSA) is 47.6 Å². The smallest absolute Gasteiger partial charge is 0.255 e. The maximum Gasteiger partial charge on any atom is 0.255 e. The number of allylic oxidation sites excluding steroid dienone is 1. The summed E-state index contributed by atoms with van der Waals surface area (Å²) in [5.74, 6) is 1.84. The number of ether oxygens (including phenoxy) is 2. The summed E-state index contributed by atoms with van der Waals surface area (Å²) in [7, 11) is 0. The van der Waals surface area contributed by atoms with Gasteiger partial charge in [0, 0.05) is 24.1 Å². The molecule has 4 heteroatoms. The lowest BCUT2D eigenvalue weighted by Crippen LogP contribution is -2.22. The second kappa shape index (κ2) is 9.53. The number of hydrogen-bond donors (Lipinski definition) is 1. The lowest BCUT2D eigenvalue weighted by Gasteiger charge is -2.15. The van der Waals surface area contributed by atoms with E-state index in [0.717, 1.165) is 24.1 Å². The molecule has 3 aromatic carbocycles. The molecular formula is C29H29NO3. The van der Waals surface area contributed by atoms with Gasteiger partial charge in [-0.3, -0.25) is 4.79 Å². The normalized spacial score (nSPS) is 14.4. The van der Waals surface area contributed by atoms with Crippen molar-refractivity contribution in [1.82, 2.24) is 5.32 Å². The maximum absolute atomic E-state index is 13.0. The van der Waals surface area contributed by atoms with Gasteiger partial charge in [-0.2, -0.15) is 0 Å². The van der Waals surface area contributed by atoms with Gasteiger partial charge in [-0.1, -0.05) is 54.1 Å². The first kappa shape index (κ1) is 21.3. The van der Waals surface area contributed by atoms with Crippen LogP contribution in [-0.4, -0.2) is 19.1 Å². The zero-order chi connectivity index (χ0) is 22.6. The van der Waals surface area contributed by atoms with Crippen molar-refractivity contribution in [2.75, 3.05) is 13.2 Å². The molecule has 0 aromatic heterocycles. The molecule has 1 N–H and O–H groups in total. The molecule has 0 bridgehead atoms.